The molecule has 0 radical (unpaired) electrons. The van der Waals surface area contributed by atoms with Gasteiger partial charge >= 0.3 is 5.69 Å². The van der Waals surface area contributed by atoms with Crippen LogP contribution in [-0.2, 0) is 13.1 Å². The minimum atomic E-state index is -0.373. The SMILES string of the molecule is CCCn1nc(C)c([N+](=O)[O-])c1NCc1ccccc1. The van der Waals surface area contributed by atoms with Crippen molar-refractivity contribution in [3.05, 3.63) is 51.7 Å². The van der Waals surface area contributed by atoms with Crippen LogP contribution in [0.2, 0.25) is 0 Å². The third kappa shape index (κ3) is 2.96. The average molecular weight is 274 g/mol. The second-order valence-electron chi connectivity index (χ2n) is 4.60. The van der Waals surface area contributed by atoms with Crippen LogP contribution in [0.15, 0.2) is 30.3 Å². The standard InChI is InChI=1S/C14H18N4O2/c1-3-9-17-14(13(18(19)20)11(2)16-17)15-10-12-7-5-4-6-8-12/h4-8,15H,3,9-10H2,1-2H3. The fourth-order valence-electron chi connectivity index (χ4n) is 2.12. The van der Waals surface area contributed by atoms with Crippen molar-refractivity contribution in [2.45, 2.75) is 33.4 Å². The maximum absolute atomic E-state index is 11.2. The number of hydrogen-bond acceptors (Lipinski definition) is 4. The lowest BCUT2D eigenvalue weighted by molar-refractivity contribution is -0.384. The van der Waals surface area contributed by atoms with E-state index in [1.807, 2.05) is 37.3 Å². The number of nitro groups is 1. The number of anilines is 1. The molecule has 0 aliphatic heterocycles. The van der Waals surface area contributed by atoms with Crippen molar-refractivity contribution in [3.63, 3.8) is 0 Å². The Hall–Kier alpha value is -2.37. The topological polar surface area (TPSA) is 73.0 Å². The Bertz CT molecular complexity index is 593. The smallest absolute Gasteiger partial charge is 0.333 e. The molecule has 0 amide bonds. The molecule has 2 rings (SSSR count). The molecular formula is C14H18N4O2. The van der Waals surface area contributed by atoms with E-state index in [2.05, 4.69) is 10.4 Å². The van der Waals surface area contributed by atoms with E-state index >= 15 is 0 Å². The van der Waals surface area contributed by atoms with Gasteiger partial charge in [0, 0.05) is 13.1 Å². The normalized spacial score (nSPS) is 10.5. The first-order chi connectivity index (χ1) is 9.63. The van der Waals surface area contributed by atoms with Gasteiger partial charge in [-0.25, -0.2) is 4.68 Å². The molecule has 1 aromatic carbocycles. The Balaban J connectivity index is 2.26. The molecule has 106 valence electrons. The zero-order valence-corrected chi connectivity index (χ0v) is 11.7. The van der Waals surface area contributed by atoms with E-state index in [1.54, 1.807) is 11.6 Å². The van der Waals surface area contributed by atoms with Gasteiger partial charge in [0.2, 0.25) is 5.82 Å². The molecule has 0 aliphatic carbocycles. The van der Waals surface area contributed by atoms with E-state index in [-0.39, 0.29) is 10.6 Å². The van der Waals surface area contributed by atoms with E-state index in [0.29, 0.717) is 24.6 Å². The van der Waals surface area contributed by atoms with Crippen LogP contribution in [0.5, 0.6) is 0 Å². The van der Waals surface area contributed by atoms with E-state index < -0.39 is 0 Å². The van der Waals surface area contributed by atoms with Crippen molar-refractivity contribution in [1.29, 1.82) is 0 Å². The first-order valence-electron chi connectivity index (χ1n) is 6.63. The van der Waals surface area contributed by atoms with Gasteiger partial charge in [0.05, 0.1) is 4.92 Å². The molecule has 0 unspecified atom stereocenters. The highest BCUT2D eigenvalue weighted by atomic mass is 16.6. The third-order valence-corrected chi connectivity index (χ3v) is 3.02. The zero-order chi connectivity index (χ0) is 14.5. The first kappa shape index (κ1) is 14.0. The predicted molar refractivity (Wildman–Crippen MR) is 77.7 cm³/mol. The average Bonchev–Trinajstić information content (AvgIpc) is 2.74. The molecule has 0 saturated heterocycles. The molecule has 1 heterocycles. The molecule has 0 bridgehead atoms. The highest BCUT2D eigenvalue weighted by molar-refractivity contribution is 5.59. The van der Waals surface area contributed by atoms with Crippen molar-refractivity contribution in [1.82, 2.24) is 9.78 Å². The largest absolute Gasteiger partial charge is 0.360 e. The Labute approximate surface area is 117 Å². The summed E-state index contributed by atoms with van der Waals surface area (Å²) >= 11 is 0. The van der Waals surface area contributed by atoms with Crippen LogP contribution in [0.1, 0.15) is 24.6 Å². The summed E-state index contributed by atoms with van der Waals surface area (Å²) in [4.78, 5) is 10.8. The van der Waals surface area contributed by atoms with Crippen molar-refractivity contribution in [3.8, 4) is 0 Å². The Kier molecular flexibility index (Phi) is 4.34. The first-order valence-corrected chi connectivity index (χ1v) is 6.63. The summed E-state index contributed by atoms with van der Waals surface area (Å²) < 4.78 is 1.68. The fourth-order valence-corrected chi connectivity index (χ4v) is 2.12. The van der Waals surface area contributed by atoms with Gasteiger partial charge in [-0.05, 0) is 18.9 Å². The number of hydrogen-bond donors (Lipinski definition) is 1. The van der Waals surface area contributed by atoms with Crippen LogP contribution in [0.3, 0.4) is 0 Å². The van der Waals surface area contributed by atoms with Crippen molar-refractivity contribution >= 4 is 11.5 Å². The molecule has 0 aliphatic rings. The molecule has 0 fully saturated rings. The lowest BCUT2D eigenvalue weighted by atomic mass is 10.2. The summed E-state index contributed by atoms with van der Waals surface area (Å²) in [6, 6.07) is 9.79. The molecule has 0 saturated carbocycles. The van der Waals surface area contributed by atoms with E-state index in [1.165, 1.54) is 0 Å². The molecule has 20 heavy (non-hydrogen) atoms. The monoisotopic (exact) mass is 274 g/mol. The van der Waals surface area contributed by atoms with Crippen LogP contribution in [0.4, 0.5) is 11.5 Å². The van der Waals surface area contributed by atoms with Gasteiger partial charge in [-0.2, -0.15) is 5.10 Å². The summed E-state index contributed by atoms with van der Waals surface area (Å²) in [7, 11) is 0. The highest BCUT2D eigenvalue weighted by Gasteiger charge is 2.24. The zero-order valence-electron chi connectivity index (χ0n) is 11.7. The van der Waals surface area contributed by atoms with Crippen LogP contribution in [0.25, 0.3) is 0 Å². The van der Waals surface area contributed by atoms with Gasteiger partial charge in [0.1, 0.15) is 5.69 Å². The summed E-state index contributed by atoms with van der Waals surface area (Å²) in [5.41, 5.74) is 1.58. The van der Waals surface area contributed by atoms with Gasteiger partial charge < -0.3 is 5.32 Å². The van der Waals surface area contributed by atoms with Crippen molar-refractivity contribution < 1.29 is 4.92 Å². The number of rotatable bonds is 6. The fraction of sp³-hybridized carbons (Fsp3) is 0.357. The minimum absolute atomic E-state index is 0.0642. The lowest BCUT2D eigenvalue weighted by Crippen LogP contribution is -2.09. The molecule has 1 aromatic heterocycles. The lowest BCUT2D eigenvalue weighted by Gasteiger charge is -2.08. The molecule has 6 nitrogen and oxygen atoms in total. The second-order valence-corrected chi connectivity index (χ2v) is 4.60. The molecular weight excluding hydrogens is 256 g/mol. The number of aryl methyl sites for hydroxylation is 2. The quantitative estimate of drug-likeness (QED) is 0.648. The summed E-state index contributed by atoms with van der Waals surface area (Å²) in [5, 5.41) is 18.6. The molecule has 1 N–H and O–H groups in total. The van der Waals surface area contributed by atoms with Gasteiger partial charge in [-0.15, -0.1) is 0 Å². The molecule has 0 spiro atoms. The Morgan fingerprint density at radius 1 is 1.35 bits per heavy atom. The number of nitrogens with one attached hydrogen (secondary N) is 1. The maximum Gasteiger partial charge on any atom is 0.333 e. The van der Waals surface area contributed by atoms with E-state index in [4.69, 9.17) is 0 Å². The highest BCUT2D eigenvalue weighted by Crippen LogP contribution is 2.28. The van der Waals surface area contributed by atoms with Gasteiger partial charge in [-0.1, -0.05) is 37.3 Å². The summed E-state index contributed by atoms with van der Waals surface area (Å²) in [5.74, 6) is 0.484. The van der Waals surface area contributed by atoms with Crippen molar-refractivity contribution in [2.24, 2.45) is 0 Å². The number of benzene rings is 1. The number of aromatic nitrogens is 2. The van der Waals surface area contributed by atoms with E-state index in [9.17, 15) is 10.1 Å². The van der Waals surface area contributed by atoms with Crippen molar-refractivity contribution in [2.75, 3.05) is 5.32 Å². The second kappa shape index (κ2) is 6.18. The minimum Gasteiger partial charge on any atom is -0.360 e. The Morgan fingerprint density at radius 2 is 2.05 bits per heavy atom. The molecule has 6 heteroatoms. The maximum atomic E-state index is 11.2. The van der Waals surface area contributed by atoms with Gasteiger partial charge in [-0.3, -0.25) is 10.1 Å². The van der Waals surface area contributed by atoms with Gasteiger partial charge in [0.25, 0.3) is 0 Å². The van der Waals surface area contributed by atoms with Crippen LogP contribution in [0, 0.1) is 17.0 Å². The summed E-state index contributed by atoms with van der Waals surface area (Å²) in [6.07, 6.45) is 0.873. The number of nitrogens with zero attached hydrogens (tertiary/aromatic N) is 3. The predicted octanol–water partition coefficient (Wildman–Crippen LogP) is 3.12. The van der Waals surface area contributed by atoms with E-state index in [0.717, 1.165) is 12.0 Å². The molecule has 2 aromatic rings. The Morgan fingerprint density at radius 3 is 2.65 bits per heavy atom. The van der Waals surface area contributed by atoms with Crippen LogP contribution >= 0.6 is 0 Å². The van der Waals surface area contributed by atoms with Crippen LogP contribution < -0.4 is 5.32 Å². The third-order valence-electron chi connectivity index (χ3n) is 3.02. The van der Waals surface area contributed by atoms with Crippen LogP contribution in [-0.4, -0.2) is 14.7 Å². The van der Waals surface area contributed by atoms with Gasteiger partial charge in [0.15, 0.2) is 0 Å². The summed E-state index contributed by atoms with van der Waals surface area (Å²) in [6.45, 7) is 4.88. The molecule has 0 atom stereocenters.